The van der Waals surface area contributed by atoms with Crippen LogP contribution in [0, 0.1) is 5.92 Å². The van der Waals surface area contributed by atoms with Crippen LogP contribution in [-0.4, -0.2) is 33.8 Å². The van der Waals surface area contributed by atoms with Gasteiger partial charge in [-0.05, 0) is 31.5 Å². The highest BCUT2D eigenvalue weighted by Crippen LogP contribution is 2.20. The zero-order valence-corrected chi connectivity index (χ0v) is 11.1. The fourth-order valence-corrected chi connectivity index (χ4v) is 2.42. The van der Waals surface area contributed by atoms with Gasteiger partial charge in [-0.2, -0.15) is 5.10 Å². The van der Waals surface area contributed by atoms with Crippen LogP contribution in [0.2, 0.25) is 0 Å². The molecule has 0 unspecified atom stereocenters. The van der Waals surface area contributed by atoms with E-state index in [-0.39, 0.29) is 11.8 Å². The fraction of sp³-hybridized carbons (Fsp3) is 0.357. The van der Waals surface area contributed by atoms with E-state index in [0.717, 1.165) is 37.3 Å². The molecule has 6 nitrogen and oxygen atoms in total. The fourth-order valence-electron chi connectivity index (χ4n) is 2.42. The molecule has 2 aromatic rings. The first-order valence-electron chi connectivity index (χ1n) is 6.80. The molecule has 20 heavy (non-hydrogen) atoms. The summed E-state index contributed by atoms with van der Waals surface area (Å²) in [6, 6.07) is 7.60. The van der Waals surface area contributed by atoms with Gasteiger partial charge in [-0.15, -0.1) is 0 Å². The molecule has 2 heterocycles. The van der Waals surface area contributed by atoms with Gasteiger partial charge in [0.1, 0.15) is 12.7 Å². The van der Waals surface area contributed by atoms with Crippen molar-refractivity contribution in [3.05, 3.63) is 36.9 Å². The monoisotopic (exact) mass is 271 g/mol. The number of hydrogen-bond acceptors (Lipinski definition) is 4. The molecule has 1 aliphatic heterocycles. The van der Waals surface area contributed by atoms with E-state index in [9.17, 15) is 4.79 Å². The standard InChI is InChI=1S/C14H17N5O/c20-14(11-4-3-7-15-8-11)18-12-5-1-2-6-13(12)19-10-16-9-17-19/h1-2,5-6,9-11,15H,3-4,7-8H2,(H,18,20)/t11-/m1/s1. The highest BCUT2D eigenvalue weighted by atomic mass is 16.1. The van der Waals surface area contributed by atoms with Gasteiger partial charge in [-0.3, -0.25) is 4.79 Å². The maximum Gasteiger partial charge on any atom is 0.228 e. The smallest absolute Gasteiger partial charge is 0.228 e. The number of aromatic nitrogens is 3. The van der Waals surface area contributed by atoms with Gasteiger partial charge in [-0.25, -0.2) is 9.67 Å². The molecule has 0 bridgehead atoms. The van der Waals surface area contributed by atoms with Crippen molar-refractivity contribution in [2.75, 3.05) is 18.4 Å². The van der Waals surface area contributed by atoms with Crippen molar-refractivity contribution >= 4 is 11.6 Å². The van der Waals surface area contributed by atoms with Crippen LogP contribution < -0.4 is 10.6 Å². The number of carbonyl (C=O) groups is 1. The molecule has 2 N–H and O–H groups in total. The average Bonchev–Trinajstić information content (AvgIpc) is 3.03. The van der Waals surface area contributed by atoms with E-state index in [4.69, 9.17) is 0 Å². The molecular formula is C14H17N5O. The lowest BCUT2D eigenvalue weighted by Crippen LogP contribution is -2.37. The third-order valence-electron chi connectivity index (χ3n) is 3.50. The molecule has 6 heteroatoms. The van der Waals surface area contributed by atoms with E-state index in [1.54, 1.807) is 11.0 Å². The highest BCUT2D eigenvalue weighted by Gasteiger charge is 2.21. The predicted molar refractivity (Wildman–Crippen MR) is 75.6 cm³/mol. The lowest BCUT2D eigenvalue weighted by Gasteiger charge is -2.22. The van der Waals surface area contributed by atoms with Crippen LogP contribution in [0.1, 0.15) is 12.8 Å². The second kappa shape index (κ2) is 5.83. The van der Waals surface area contributed by atoms with Crippen LogP contribution in [0.4, 0.5) is 5.69 Å². The normalized spacial score (nSPS) is 18.7. The molecule has 1 saturated heterocycles. The zero-order chi connectivity index (χ0) is 13.8. The van der Waals surface area contributed by atoms with Crippen molar-refractivity contribution in [3.63, 3.8) is 0 Å². The second-order valence-electron chi connectivity index (χ2n) is 4.89. The summed E-state index contributed by atoms with van der Waals surface area (Å²) in [6.07, 6.45) is 5.07. The van der Waals surface area contributed by atoms with Crippen molar-refractivity contribution in [2.24, 2.45) is 5.92 Å². The SMILES string of the molecule is O=C(Nc1ccccc1-n1cncn1)[C@@H]1CCCNC1. The van der Waals surface area contributed by atoms with E-state index < -0.39 is 0 Å². The van der Waals surface area contributed by atoms with Crippen molar-refractivity contribution in [3.8, 4) is 5.69 Å². The maximum atomic E-state index is 12.3. The van der Waals surface area contributed by atoms with Crippen LogP contribution in [-0.2, 0) is 4.79 Å². The van der Waals surface area contributed by atoms with Crippen LogP contribution in [0.25, 0.3) is 5.69 Å². The van der Waals surface area contributed by atoms with Gasteiger partial charge < -0.3 is 10.6 Å². The number of nitrogens with one attached hydrogen (secondary N) is 2. The third kappa shape index (κ3) is 2.70. The second-order valence-corrected chi connectivity index (χ2v) is 4.89. The Morgan fingerprint density at radius 2 is 2.30 bits per heavy atom. The number of para-hydroxylation sites is 2. The maximum absolute atomic E-state index is 12.3. The Morgan fingerprint density at radius 3 is 3.05 bits per heavy atom. The topological polar surface area (TPSA) is 71.8 Å². The van der Waals surface area contributed by atoms with Gasteiger partial charge in [0, 0.05) is 6.54 Å². The van der Waals surface area contributed by atoms with E-state index in [1.807, 2.05) is 24.3 Å². The van der Waals surface area contributed by atoms with Gasteiger partial charge in [0.05, 0.1) is 17.3 Å². The average molecular weight is 271 g/mol. The largest absolute Gasteiger partial charge is 0.324 e. The molecule has 1 fully saturated rings. The Morgan fingerprint density at radius 1 is 1.40 bits per heavy atom. The number of nitrogens with zero attached hydrogens (tertiary/aromatic N) is 3. The molecule has 1 aromatic carbocycles. The highest BCUT2D eigenvalue weighted by molar-refractivity contribution is 5.94. The van der Waals surface area contributed by atoms with Gasteiger partial charge in [0.25, 0.3) is 0 Å². The van der Waals surface area contributed by atoms with Crippen LogP contribution in [0.5, 0.6) is 0 Å². The lowest BCUT2D eigenvalue weighted by molar-refractivity contribution is -0.120. The van der Waals surface area contributed by atoms with Crippen molar-refractivity contribution in [2.45, 2.75) is 12.8 Å². The Labute approximate surface area is 117 Å². The van der Waals surface area contributed by atoms with Crippen LogP contribution in [0.15, 0.2) is 36.9 Å². The molecule has 1 atom stereocenters. The summed E-state index contributed by atoms with van der Waals surface area (Å²) < 4.78 is 1.65. The number of carbonyl (C=O) groups excluding carboxylic acids is 1. The predicted octanol–water partition coefficient (Wildman–Crippen LogP) is 1.21. The molecule has 1 aliphatic rings. The Hall–Kier alpha value is -2.21. The Kier molecular flexibility index (Phi) is 3.73. The van der Waals surface area contributed by atoms with E-state index >= 15 is 0 Å². The first kappa shape index (κ1) is 12.8. The first-order valence-corrected chi connectivity index (χ1v) is 6.80. The van der Waals surface area contributed by atoms with E-state index in [2.05, 4.69) is 20.7 Å². The number of rotatable bonds is 3. The van der Waals surface area contributed by atoms with Gasteiger partial charge in [0.15, 0.2) is 0 Å². The van der Waals surface area contributed by atoms with Crippen LogP contribution >= 0.6 is 0 Å². The summed E-state index contributed by atoms with van der Waals surface area (Å²) in [5.74, 6) is 0.0947. The summed E-state index contributed by atoms with van der Waals surface area (Å²) in [5, 5.41) is 10.4. The van der Waals surface area contributed by atoms with Crippen molar-refractivity contribution in [1.82, 2.24) is 20.1 Å². The van der Waals surface area contributed by atoms with Gasteiger partial charge in [-0.1, -0.05) is 12.1 Å². The summed E-state index contributed by atoms with van der Waals surface area (Å²) in [5.41, 5.74) is 1.58. The Balaban J connectivity index is 1.79. The van der Waals surface area contributed by atoms with Crippen LogP contribution in [0.3, 0.4) is 0 Å². The minimum atomic E-state index is 0.0348. The molecule has 1 aromatic heterocycles. The van der Waals surface area contributed by atoms with Gasteiger partial charge in [0.2, 0.25) is 5.91 Å². The number of benzene rings is 1. The number of piperidine rings is 1. The molecule has 0 saturated carbocycles. The van der Waals surface area contributed by atoms with E-state index in [0.29, 0.717) is 0 Å². The third-order valence-corrected chi connectivity index (χ3v) is 3.50. The molecule has 0 spiro atoms. The molecule has 3 rings (SSSR count). The molecule has 0 aliphatic carbocycles. The molecule has 1 amide bonds. The number of hydrogen-bond donors (Lipinski definition) is 2. The van der Waals surface area contributed by atoms with Crippen molar-refractivity contribution in [1.29, 1.82) is 0 Å². The van der Waals surface area contributed by atoms with Gasteiger partial charge >= 0.3 is 0 Å². The summed E-state index contributed by atoms with van der Waals surface area (Å²) in [7, 11) is 0. The summed E-state index contributed by atoms with van der Waals surface area (Å²) in [4.78, 5) is 16.2. The molecular weight excluding hydrogens is 254 g/mol. The minimum absolute atomic E-state index is 0.0348. The van der Waals surface area contributed by atoms with Crippen molar-refractivity contribution < 1.29 is 4.79 Å². The first-order chi connectivity index (χ1) is 9.84. The summed E-state index contributed by atoms with van der Waals surface area (Å²) >= 11 is 0. The molecule has 104 valence electrons. The molecule has 0 radical (unpaired) electrons. The number of amides is 1. The minimum Gasteiger partial charge on any atom is -0.324 e. The zero-order valence-electron chi connectivity index (χ0n) is 11.1. The quantitative estimate of drug-likeness (QED) is 0.880. The number of anilines is 1. The summed E-state index contributed by atoms with van der Waals surface area (Å²) in [6.45, 7) is 1.75. The van der Waals surface area contributed by atoms with E-state index in [1.165, 1.54) is 6.33 Å². The lowest BCUT2D eigenvalue weighted by atomic mass is 9.99. The Bertz CT molecular complexity index is 575.